The number of carbonyl (C=O) groups is 1. The molecule has 0 atom stereocenters. The second kappa shape index (κ2) is 3.96. The number of carbonyl (C=O) groups excluding carboxylic acids is 1. The Kier molecular flexibility index (Phi) is 2.67. The third kappa shape index (κ3) is 1.87. The quantitative estimate of drug-likeness (QED) is 0.567. The number of rotatable bonds is 1. The molecule has 1 fully saturated rings. The molecule has 1 aromatic rings. The van der Waals surface area contributed by atoms with Crippen molar-refractivity contribution >= 4 is 17.0 Å². The number of likely N-dealkylation sites (tertiary alicyclic amines) is 1. The maximum atomic E-state index is 10.8. The lowest BCUT2D eigenvalue weighted by Crippen LogP contribution is -2.34. The van der Waals surface area contributed by atoms with Gasteiger partial charge in [-0.2, -0.15) is 5.10 Å². The minimum absolute atomic E-state index is 0.360. The fourth-order valence-corrected chi connectivity index (χ4v) is 1.91. The molecular formula is C8H11ClN4O. The van der Waals surface area contributed by atoms with Crippen LogP contribution in [0, 0.1) is 0 Å². The van der Waals surface area contributed by atoms with Crippen molar-refractivity contribution in [2.75, 3.05) is 13.1 Å². The zero-order valence-corrected chi connectivity index (χ0v) is 8.37. The molecule has 0 saturated carbocycles. The summed E-state index contributed by atoms with van der Waals surface area (Å²) in [5, 5.41) is 6.30. The molecule has 1 aromatic heterocycles. The molecule has 5 nitrogen and oxygen atoms in total. The lowest BCUT2D eigenvalue weighted by atomic mass is 9.97. The van der Waals surface area contributed by atoms with Crippen molar-refractivity contribution in [2.24, 2.45) is 0 Å². The summed E-state index contributed by atoms with van der Waals surface area (Å²) < 4.78 is 0. The molecule has 2 rings (SSSR count). The Labute approximate surface area is 86.5 Å². The maximum absolute atomic E-state index is 10.8. The van der Waals surface area contributed by atoms with E-state index in [1.807, 2.05) is 0 Å². The fraction of sp³-hybridized carbons (Fsp3) is 0.625. The van der Waals surface area contributed by atoms with Gasteiger partial charge in [0.1, 0.15) is 12.2 Å². The number of hydrogen-bond donors (Lipinski definition) is 1. The van der Waals surface area contributed by atoms with E-state index in [4.69, 9.17) is 11.6 Å². The number of nitrogens with one attached hydrogen (secondary N) is 1. The number of H-pyrrole nitrogens is 1. The monoisotopic (exact) mass is 214 g/mol. The maximum Gasteiger partial charge on any atom is 0.316 e. The first kappa shape index (κ1) is 9.45. The normalized spacial score (nSPS) is 18.5. The van der Waals surface area contributed by atoms with Crippen molar-refractivity contribution in [3.05, 3.63) is 12.2 Å². The zero-order valence-electron chi connectivity index (χ0n) is 7.61. The van der Waals surface area contributed by atoms with Gasteiger partial charge in [-0.3, -0.25) is 9.89 Å². The van der Waals surface area contributed by atoms with E-state index in [0.717, 1.165) is 18.7 Å². The van der Waals surface area contributed by atoms with Gasteiger partial charge in [-0.05, 0) is 24.4 Å². The molecule has 0 aliphatic carbocycles. The largest absolute Gasteiger partial charge is 0.329 e. The molecule has 0 unspecified atom stereocenters. The van der Waals surface area contributed by atoms with E-state index in [9.17, 15) is 4.79 Å². The van der Waals surface area contributed by atoms with Gasteiger partial charge >= 0.3 is 5.37 Å². The van der Waals surface area contributed by atoms with Crippen LogP contribution in [0.2, 0.25) is 0 Å². The van der Waals surface area contributed by atoms with Gasteiger partial charge in [0, 0.05) is 19.0 Å². The summed E-state index contributed by atoms with van der Waals surface area (Å²) in [5.41, 5.74) is 0. The summed E-state index contributed by atoms with van der Waals surface area (Å²) in [6.45, 7) is 1.40. The molecule has 0 spiro atoms. The van der Waals surface area contributed by atoms with Crippen molar-refractivity contribution < 1.29 is 4.79 Å². The molecule has 14 heavy (non-hydrogen) atoms. The first-order valence-corrected chi connectivity index (χ1v) is 4.95. The van der Waals surface area contributed by atoms with E-state index >= 15 is 0 Å². The predicted molar refractivity (Wildman–Crippen MR) is 51.2 cm³/mol. The van der Waals surface area contributed by atoms with Gasteiger partial charge in [-0.1, -0.05) is 0 Å². The number of aromatic amines is 1. The Hall–Kier alpha value is -1.10. The van der Waals surface area contributed by atoms with Crippen LogP contribution in [-0.4, -0.2) is 38.5 Å². The van der Waals surface area contributed by atoms with Gasteiger partial charge < -0.3 is 4.90 Å². The van der Waals surface area contributed by atoms with Crippen LogP contribution in [0.5, 0.6) is 0 Å². The Morgan fingerprint density at radius 3 is 2.79 bits per heavy atom. The average Bonchev–Trinajstić information content (AvgIpc) is 2.71. The van der Waals surface area contributed by atoms with Crippen molar-refractivity contribution in [2.45, 2.75) is 18.8 Å². The van der Waals surface area contributed by atoms with Crippen LogP contribution in [0.15, 0.2) is 6.33 Å². The number of nitrogens with zero attached hydrogens (tertiary/aromatic N) is 3. The van der Waals surface area contributed by atoms with Gasteiger partial charge in [-0.15, -0.1) is 0 Å². The highest BCUT2D eigenvalue weighted by Crippen LogP contribution is 2.25. The van der Waals surface area contributed by atoms with Gasteiger partial charge in [0.25, 0.3) is 0 Å². The summed E-state index contributed by atoms with van der Waals surface area (Å²) in [5.74, 6) is 1.29. The van der Waals surface area contributed by atoms with Gasteiger partial charge in [0.2, 0.25) is 0 Å². The number of aromatic nitrogens is 3. The van der Waals surface area contributed by atoms with Crippen LogP contribution in [0.25, 0.3) is 0 Å². The highest BCUT2D eigenvalue weighted by atomic mass is 35.5. The van der Waals surface area contributed by atoms with Gasteiger partial charge in [0.15, 0.2) is 0 Å². The lowest BCUT2D eigenvalue weighted by molar-refractivity contribution is 0.203. The highest BCUT2D eigenvalue weighted by Gasteiger charge is 2.24. The number of halogens is 1. The molecule has 1 N–H and O–H groups in total. The molecule has 1 saturated heterocycles. The molecule has 1 aliphatic heterocycles. The molecule has 0 radical (unpaired) electrons. The van der Waals surface area contributed by atoms with Crippen molar-refractivity contribution in [3.8, 4) is 0 Å². The lowest BCUT2D eigenvalue weighted by Gasteiger charge is -2.28. The third-order valence-corrected chi connectivity index (χ3v) is 2.80. The summed E-state index contributed by atoms with van der Waals surface area (Å²) in [6, 6.07) is 0. The van der Waals surface area contributed by atoms with Gasteiger partial charge in [0.05, 0.1) is 0 Å². The van der Waals surface area contributed by atoms with Crippen molar-refractivity contribution in [1.29, 1.82) is 0 Å². The molecular weight excluding hydrogens is 204 g/mol. The SMILES string of the molecule is O=C(Cl)N1CCC(c2ncn[nH]2)CC1. The topological polar surface area (TPSA) is 61.9 Å². The number of piperidine rings is 1. The predicted octanol–water partition coefficient (Wildman–Crippen LogP) is 1.34. The van der Waals surface area contributed by atoms with Crippen LogP contribution in [0.1, 0.15) is 24.6 Å². The first-order chi connectivity index (χ1) is 6.77. The smallest absolute Gasteiger partial charge is 0.316 e. The zero-order chi connectivity index (χ0) is 9.97. The molecule has 1 amide bonds. The Morgan fingerprint density at radius 2 is 2.29 bits per heavy atom. The Morgan fingerprint density at radius 1 is 1.57 bits per heavy atom. The average molecular weight is 215 g/mol. The second-order valence-corrected chi connectivity index (χ2v) is 3.71. The molecule has 0 aromatic carbocycles. The summed E-state index contributed by atoms with van der Waals surface area (Å²) in [4.78, 5) is 16.6. The van der Waals surface area contributed by atoms with Crippen LogP contribution in [0.4, 0.5) is 4.79 Å². The Bertz CT molecular complexity index is 305. The van der Waals surface area contributed by atoms with E-state index < -0.39 is 0 Å². The second-order valence-electron chi connectivity index (χ2n) is 3.38. The van der Waals surface area contributed by atoms with E-state index in [0.29, 0.717) is 19.0 Å². The van der Waals surface area contributed by atoms with E-state index in [-0.39, 0.29) is 5.37 Å². The number of amides is 1. The molecule has 0 bridgehead atoms. The molecule has 76 valence electrons. The fourth-order valence-electron chi connectivity index (χ4n) is 1.74. The van der Waals surface area contributed by atoms with Crippen LogP contribution >= 0.6 is 11.6 Å². The van der Waals surface area contributed by atoms with Crippen molar-refractivity contribution in [3.63, 3.8) is 0 Å². The summed E-state index contributed by atoms with van der Waals surface area (Å²) in [6.07, 6.45) is 3.30. The molecule has 2 heterocycles. The highest BCUT2D eigenvalue weighted by molar-refractivity contribution is 6.62. The Balaban J connectivity index is 1.93. The minimum Gasteiger partial charge on any atom is -0.329 e. The molecule has 1 aliphatic rings. The third-order valence-electron chi connectivity index (χ3n) is 2.56. The first-order valence-electron chi connectivity index (χ1n) is 4.57. The van der Waals surface area contributed by atoms with E-state index in [2.05, 4.69) is 15.2 Å². The summed E-state index contributed by atoms with van der Waals surface area (Å²) in [7, 11) is 0. The van der Waals surface area contributed by atoms with Gasteiger partial charge in [-0.25, -0.2) is 4.98 Å². The molecule has 6 heteroatoms. The van der Waals surface area contributed by atoms with E-state index in [1.54, 1.807) is 4.90 Å². The minimum atomic E-state index is -0.360. The van der Waals surface area contributed by atoms with Crippen LogP contribution < -0.4 is 0 Å². The van der Waals surface area contributed by atoms with Crippen molar-refractivity contribution in [1.82, 2.24) is 20.1 Å². The van der Waals surface area contributed by atoms with Crippen LogP contribution in [0.3, 0.4) is 0 Å². The van der Waals surface area contributed by atoms with Crippen LogP contribution in [-0.2, 0) is 0 Å². The number of hydrogen-bond acceptors (Lipinski definition) is 3. The summed E-state index contributed by atoms with van der Waals surface area (Å²) >= 11 is 5.38. The van der Waals surface area contributed by atoms with E-state index in [1.165, 1.54) is 6.33 Å². The standard InChI is InChI=1S/C8H11ClN4O/c9-8(14)13-3-1-6(2-4-13)7-10-5-11-12-7/h5-6H,1-4H2,(H,10,11,12).